The van der Waals surface area contributed by atoms with Crippen molar-refractivity contribution in [3.8, 4) is 11.8 Å². The largest absolute Gasteiger partial charge is 0.382 e. The fourth-order valence-corrected chi connectivity index (χ4v) is 3.38. The minimum atomic E-state index is -0.248. The van der Waals surface area contributed by atoms with Crippen molar-refractivity contribution in [1.82, 2.24) is 15.3 Å². The molecule has 0 saturated heterocycles. The van der Waals surface area contributed by atoms with Gasteiger partial charge in [-0.15, -0.1) is 0 Å². The molecule has 0 spiro atoms. The Morgan fingerprint density at radius 1 is 1.03 bits per heavy atom. The van der Waals surface area contributed by atoms with Gasteiger partial charge in [0.05, 0.1) is 6.04 Å². The molecule has 2 amide bonds. The Morgan fingerprint density at radius 3 is 2.66 bits per heavy atom. The lowest BCUT2D eigenvalue weighted by atomic mass is 10.1. The number of amides is 2. The Bertz CT molecular complexity index is 1110. The summed E-state index contributed by atoms with van der Waals surface area (Å²) in [5.74, 6) is 6.34. The van der Waals surface area contributed by atoms with E-state index < -0.39 is 0 Å². The molecule has 1 aromatic heterocycles. The molecule has 6 N–H and O–H groups in total. The van der Waals surface area contributed by atoms with Gasteiger partial charge in [0, 0.05) is 11.3 Å². The average molecular weight is 384 g/mol. The van der Waals surface area contributed by atoms with Gasteiger partial charge in [0.2, 0.25) is 0 Å². The number of nitrogens with two attached hydrogens (primary N) is 2. The Hall–Kier alpha value is -4.05. The van der Waals surface area contributed by atoms with Crippen LogP contribution in [-0.2, 0) is 6.42 Å². The highest BCUT2D eigenvalue weighted by molar-refractivity contribution is 5.89. The number of nitrogens with zero attached hydrogens (tertiary/aromatic N) is 2. The first kappa shape index (κ1) is 18.3. The van der Waals surface area contributed by atoms with E-state index in [0.29, 0.717) is 16.8 Å². The molecule has 0 radical (unpaired) electrons. The fourth-order valence-electron chi connectivity index (χ4n) is 3.38. The molecule has 1 heterocycles. The molecule has 7 heteroatoms. The summed E-state index contributed by atoms with van der Waals surface area (Å²) in [6.07, 6.45) is 3.17. The number of anilines is 3. The van der Waals surface area contributed by atoms with Gasteiger partial charge in [0.1, 0.15) is 23.5 Å². The molecule has 3 aromatic rings. The van der Waals surface area contributed by atoms with E-state index in [4.69, 9.17) is 11.5 Å². The highest BCUT2D eigenvalue weighted by Gasteiger charge is 2.23. The van der Waals surface area contributed by atoms with Gasteiger partial charge >= 0.3 is 6.03 Å². The van der Waals surface area contributed by atoms with Gasteiger partial charge in [-0.2, -0.15) is 0 Å². The van der Waals surface area contributed by atoms with Gasteiger partial charge in [-0.1, -0.05) is 42.2 Å². The first-order chi connectivity index (χ1) is 14.1. The van der Waals surface area contributed by atoms with Crippen molar-refractivity contribution in [2.75, 3.05) is 16.8 Å². The van der Waals surface area contributed by atoms with E-state index in [-0.39, 0.29) is 23.7 Å². The number of fused-ring (bicyclic) bond motifs is 1. The van der Waals surface area contributed by atoms with E-state index in [1.165, 1.54) is 17.5 Å². The number of benzene rings is 2. The number of carbonyl (C=O) groups is 1. The molecule has 0 fully saturated rings. The van der Waals surface area contributed by atoms with Crippen LogP contribution in [0.2, 0.25) is 0 Å². The Morgan fingerprint density at radius 2 is 1.83 bits per heavy atom. The van der Waals surface area contributed by atoms with E-state index in [1.807, 2.05) is 30.3 Å². The van der Waals surface area contributed by atoms with Crippen LogP contribution < -0.4 is 22.1 Å². The van der Waals surface area contributed by atoms with Crippen LogP contribution in [0.4, 0.5) is 22.1 Å². The molecule has 0 saturated carbocycles. The molecule has 144 valence electrons. The van der Waals surface area contributed by atoms with E-state index >= 15 is 0 Å². The summed E-state index contributed by atoms with van der Waals surface area (Å²) in [5, 5.41) is 5.91. The molecule has 0 aliphatic heterocycles. The predicted octanol–water partition coefficient (Wildman–Crippen LogP) is 2.85. The number of aryl methyl sites for hydroxylation is 1. The number of carbonyl (C=O) groups excluding carboxylic acids is 1. The molecule has 2 aromatic carbocycles. The van der Waals surface area contributed by atoms with Crippen molar-refractivity contribution in [2.45, 2.75) is 18.9 Å². The maximum Gasteiger partial charge on any atom is 0.319 e. The van der Waals surface area contributed by atoms with Crippen LogP contribution in [0.5, 0.6) is 0 Å². The number of hydrogen-bond acceptors (Lipinski definition) is 5. The first-order valence-electron chi connectivity index (χ1n) is 9.23. The molecule has 1 atom stereocenters. The molecule has 29 heavy (non-hydrogen) atoms. The molecule has 7 nitrogen and oxygen atoms in total. The zero-order chi connectivity index (χ0) is 20.2. The molecule has 1 unspecified atom stereocenters. The Balaban J connectivity index is 1.45. The van der Waals surface area contributed by atoms with Crippen LogP contribution in [0.15, 0.2) is 54.9 Å². The maximum absolute atomic E-state index is 12.5. The van der Waals surface area contributed by atoms with Crippen LogP contribution in [0, 0.1) is 11.8 Å². The maximum atomic E-state index is 12.5. The van der Waals surface area contributed by atoms with Crippen LogP contribution in [0.1, 0.15) is 34.7 Å². The lowest BCUT2D eigenvalue weighted by molar-refractivity contribution is 0.248. The Labute approximate surface area is 168 Å². The highest BCUT2D eigenvalue weighted by atomic mass is 16.2. The zero-order valence-corrected chi connectivity index (χ0v) is 15.6. The van der Waals surface area contributed by atoms with Crippen molar-refractivity contribution < 1.29 is 4.79 Å². The summed E-state index contributed by atoms with van der Waals surface area (Å²) in [6, 6.07) is 15.2. The van der Waals surface area contributed by atoms with Gasteiger partial charge in [-0.3, -0.25) is 0 Å². The van der Waals surface area contributed by atoms with E-state index in [9.17, 15) is 4.79 Å². The number of rotatable bonds is 2. The molecular weight excluding hydrogens is 364 g/mol. The predicted molar refractivity (Wildman–Crippen MR) is 113 cm³/mol. The smallest absolute Gasteiger partial charge is 0.319 e. The van der Waals surface area contributed by atoms with Gasteiger partial charge < -0.3 is 22.1 Å². The van der Waals surface area contributed by atoms with Crippen molar-refractivity contribution in [3.05, 3.63) is 77.1 Å². The molecule has 4 rings (SSSR count). The summed E-state index contributed by atoms with van der Waals surface area (Å²) < 4.78 is 0. The molecule has 1 aliphatic carbocycles. The SMILES string of the molecule is Nc1ncnc(N)c1C#Cc1cccc(NC(=O)NC2CCc3ccccc32)c1. The minimum absolute atomic E-state index is 0.0261. The minimum Gasteiger partial charge on any atom is -0.382 e. The van der Waals surface area contributed by atoms with Crippen molar-refractivity contribution in [3.63, 3.8) is 0 Å². The van der Waals surface area contributed by atoms with Gasteiger partial charge in [0.15, 0.2) is 0 Å². The monoisotopic (exact) mass is 384 g/mol. The van der Waals surface area contributed by atoms with Crippen LogP contribution in [0.3, 0.4) is 0 Å². The highest BCUT2D eigenvalue weighted by Crippen LogP contribution is 2.30. The summed E-state index contributed by atoms with van der Waals surface area (Å²) in [5.41, 5.74) is 15.8. The topological polar surface area (TPSA) is 119 Å². The molecular formula is C22H20N6O. The Kier molecular flexibility index (Phi) is 4.99. The second kappa shape index (κ2) is 7.90. The number of urea groups is 1. The van der Waals surface area contributed by atoms with Crippen molar-refractivity contribution in [1.29, 1.82) is 0 Å². The second-order valence-corrected chi connectivity index (χ2v) is 6.74. The summed E-state index contributed by atoms with van der Waals surface area (Å²) in [6.45, 7) is 0. The number of nitrogen functional groups attached to an aromatic ring is 2. The molecule has 1 aliphatic rings. The van der Waals surface area contributed by atoms with Crippen LogP contribution >= 0.6 is 0 Å². The third kappa shape index (κ3) is 4.12. The number of hydrogen-bond donors (Lipinski definition) is 4. The molecule has 0 bridgehead atoms. The summed E-state index contributed by atoms with van der Waals surface area (Å²) in [7, 11) is 0. The third-order valence-corrected chi connectivity index (χ3v) is 4.80. The van der Waals surface area contributed by atoms with E-state index in [0.717, 1.165) is 12.8 Å². The number of aromatic nitrogens is 2. The lowest BCUT2D eigenvalue weighted by Crippen LogP contribution is -2.31. The fraction of sp³-hybridized carbons (Fsp3) is 0.136. The normalized spacial score (nSPS) is 14.4. The van der Waals surface area contributed by atoms with E-state index in [1.54, 1.807) is 6.07 Å². The zero-order valence-electron chi connectivity index (χ0n) is 15.6. The van der Waals surface area contributed by atoms with Gasteiger partial charge in [-0.25, -0.2) is 14.8 Å². The third-order valence-electron chi connectivity index (χ3n) is 4.80. The quantitative estimate of drug-likeness (QED) is 0.507. The van der Waals surface area contributed by atoms with Crippen LogP contribution in [0.25, 0.3) is 0 Å². The van der Waals surface area contributed by atoms with Crippen molar-refractivity contribution in [2.24, 2.45) is 0 Å². The van der Waals surface area contributed by atoms with Gasteiger partial charge in [0.25, 0.3) is 0 Å². The average Bonchev–Trinajstić information content (AvgIpc) is 3.11. The summed E-state index contributed by atoms with van der Waals surface area (Å²) >= 11 is 0. The van der Waals surface area contributed by atoms with Gasteiger partial charge in [-0.05, 0) is 42.2 Å². The lowest BCUT2D eigenvalue weighted by Gasteiger charge is -2.15. The first-order valence-corrected chi connectivity index (χ1v) is 9.23. The standard InChI is InChI=1S/C22H20N6O/c23-20-18(21(24)26-13-25-20)10-8-14-4-3-6-16(12-14)27-22(29)28-19-11-9-15-5-1-2-7-17(15)19/h1-7,12-13,19H,9,11H2,(H2,27,28,29)(H4,23,24,25,26). The number of nitrogens with one attached hydrogen (secondary N) is 2. The summed E-state index contributed by atoms with van der Waals surface area (Å²) in [4.78, 5) is 20.2. The second-order valence-electron chi connectivity index (χ2n) is 6.74. The van der Waals surface area contributed by atoms with Crippen molar-refractivity contribution >= 4 is 23.4 Å². The van der Waals surface area contributed by atoms with E-state index in [2.05, 4.69) is 44.6 Å². The van der Waals surface area contributed by atoms with Crippen LogP contribution in [-0.4, -0.2) is 16.0 Å².